The molecule has 2 N–H and O–H groups in total. The molecule has 1 aromatic heterocycles. The summed E-state index contributed by atoms with van der Waals surface area (Å²) >= 11 is 0. The number of aromatic nitrogens is 1. The molecule has 0 spiro atoms. The van der Waals surface area contributed by atoms with Crippen molar-refractivity contribution in [1.82, 2.24) is 4.98 Å². The number of benzene rings is 1. The summed E-state index contributed by atoms with van der Waals surface area (Å²) in [6, 6.07) is 7.56. The Kier molecular flexibility index (Phi) is 4.11. The molecular weight excluding hydrogens is 283 g/mol. The highest BCUT2D eigenvalue weighted by Gasteiger charge is 2.30. The summed E-state index contributed by atoms with van der Waals surface area (Å²) in [6.07, 6.45) is -2.99. The summed E-state index contributed by atoms with van der Waals surface area (Å²) in [4.78, 5) is 15.8. The molecule has 0 aliphatic heterocycles. The van der Waals surface area contributed by atoms with Gasteiger partial charge in [-0.3, -0.25) is 4.79 Å². The summed E-state index contributed by atoms with van der Waals surface area (Å²) < 4.78 is 37.7. The van der Waals surface area contributed by atoms with E-state index in [1.54, 1.807) is 13.1 Å². The quantitative estimate of drug-likeness (QED) is 0.912. The van der Waals surface area contributed by atoms with Crippen LogP contribution in [0.3, 0.4) is 0 Å². The highest BCUT2D eigenvalue weighted by molar-refractivity contribution is 6.02. The maximum absolute atomic E-state index is 12.6. The van der Waals surface area contributed by atoms with Gasteiger partial charge in [-0.15, -0.1) is 0 Å². The van der Waals surface area contributed by atoms with E-state index in [1.807, 2.05) is 0 Å². The smallest absolute Gasteiger partial charge is 0.387 e. The van der Waals surface area contributed by atoms with Gasteiger partial charge in [0.2, 0.25) is 0 Å². The van der Waals surface area contributed by atoms with Crippen molar-refractivity contribution < 1.29 is 18.0 Å². The van der Waals surface area contributed by atoms with Crippen LogP contribution in [0.5, 0.6) is 0 Å². The van der Waals surface area contributed by atoms with Crippen LogP contribution in [0, 0.1) is 0 Å². The zero-order valence-electron chi connectivity index (χ0n) is 11.0. The van der Waals surface area contributed by atoms with Gasteiger partial charge < -0.3 is 10.6 Å². The third kappa shape index (κ3) is 3.71. The molecule has 0 atom stereocenters. The molecule has 1 heterocycles. The van der Waals surface area contributed by atoms with Crippen LogP contribution in [-0.4, -0.2) is 17.9 Å². The highest BCUT2D eigenvalue weighted by Crippen LogP contribution is 2.30. The van der Waals surface area contributed by atoms with Crippen molar-refractivity contribution in [2.45, 2.75) is 6.18 Å². The van der Waals surface area contributed by atoms with E-state index in [4.69, 9.17) is 0 Å². The lowest BCUT2D eigenvalue weighted by Gasteiger charge is -2.09. The maximum atomic E-state index is 12.6. The van der Waals surface area contributed by atoms with Crippen molar-refractivity contribution in [2.75, 3.05) is 17.7 Å². The predicted molar refractivity (Wildman–Crippen MR) is 73.2 cm³/mol. The molecule has 2 rings (SSSR count). The number of halogens is 3. The molecule has 0 fully saturated rings. The number of alkyl halides is 3. The van der Waals surface area contributed by atoms with Gasteiger partial charge in [-0.2, -0.15) is 13.2 Å². The summed E-state index contributed by atoms with van der Waals surface area (Å²) in [7, 11) is 1.71. The lowest BCUT2D eigenvalue weighted by Crippen LogP contribution is -2.14. The second-order valence-corrected chi connectivity index (χ2v) is 4.21. The SMILES string of the molecule is CNc1ccc(C(=O)Nc2cccc(C(F)(F)F)c2)nc1. The number of rotatable bonds is 3. The summed E-state index contributed by atoms with van der Waals surface area (Å²) in [5.74, 6) is -0.572. The molecule has 7 heteroatoms. The first kappa shape index (κ1) is 14.8. The van der Waals surface area contributed by atoms with Gasteiger partial charge in [0.15, 0.2) is 0 Å². The van der Waals surface area contributed by atoms with E-state index in [0.717, 1.165) is 17.8 Å². The predicted octanol–water partition coefficient (Wildman–Crippen LogP) is 3.39. The summed E-state index contributed by atoms with van der Waals surface area (Å²) in [5.41, 5.74) is 0.0881. The molecule has 110 valence electrons. The normalized spacial score (nSPS) is 11.0. The van der Waals surface area contributed by atoms with E-state index in [1.165, 1.54) is 24.4 Å². The Morgan fingerprint density at radius 3 is 2.48 bits per heavy atom. The number of hydrogen-bond acceptors (Lipinski definition) is 3. The number of hydrogen-bond donors (Lipinski definition) is 2. The second-order valence-electron chi connectivity index (χ2n) is 4.21. The summed E-state index contributed by atoms with van der Waals surface area (Å²) in [5, 5.41) is 5.23. The molecule has 1 aromatic carbocycles. The van der Waals surface area contributed by atoms with Gasteiger partial charge in [0.25, 0.3) is 5.91 Å². The minimum absolute atomic E-state index is 0.0642. The Bertz CT molecular complexity index is 639. The van der Waals surface area contributed by atoms with Gasteiger partial charge in [0.1, 0.15) is 5.69 Å². The van der Waals surface area contributed by atoms with Crippen LogP contribution in [-0.2, 0) is 6.18 Å². The average molecular weight is 295 g/mol. The van der Waals surface area contributed by atoms with Gasteiger partial charge in [-0.05, 0) is 30.3 Å². The molecule has 1 amide bonds. The van der Waals surface area contributed by atoms with Crippen LogP contribution >= 0.6 is 0 Å². The summed E-state index contributed by atoms with van der Waals surface area (Å²) in [6.45, 7) is 0. The number of nitrogens with one attached hydrogen (secondary N) is 2. The van der Waals surface area contributed by atoms with E-state index in [0.29, 0.717) is 0 Å². The molecular formula is C14H12F3N3O. The van der Waals surface area contributed by atoms with Crippen molar-refractivity contribution in [1.29, 1.82) is 0 Å². The van der Waals surface area contributed by atoms with E-state index in [-0.39, 0.29) is 11.4 Å². The van der Waals surface area contributed by atoms with Crippen molar-refractivity contribution in [3.8, 4) is 0 Å². The fourth-order valence-electron chi connectivity index (χ4n) is 1.64. The number of carbonyl (C=O) groups is 1. The van der Waals surface area contributed by atoms with E-state index in [9.17, 15) is 18.0 Å². The Balaban J connectivity index is 2.15. The number of amides is 1. The molecule has 0 saturated carbocycles. The van der Waals surface area contributed by atoms with Crippen LogP contribution in [0.25, 0.3) is 0 Å². The number of nitrogens with zero attached hydrogens (tertiary/aromatic N) is 1. The molecule has 21 heavy (non-hydrogen) atoms. The number of pyridine rings is 1. The largest absolute Gasteiger partial charge is 0.416 e. The Labute approximate surface area is 119 Å². The van der Waals surface area contributed by atoms with Crippen LogP contribution < -0.4 is 10.6 Å². The molecule has 4 nitrogen and oxygen atoms in total. The topological polar surface area (TPSA) is 54.0 Å². The van der Waals surface area contributed by atoms with Crippen molar-refractivity contribution in [3.63, 3.8) is 0 Å². The van der Waals surface area contributed by atoms with Gasteiger partial charge in [-0.25, -0.2) is 4.98 Å². The van der Waals surface area contributed by atoms with Crippen LogP contribution in [0.4, 0.5) is 24.5 Å². The third-order valence-corrected chi connectivity index (χ3v) is 2.73. The molecule has 0 aliphatic carbocycles. The lowest BCUT2D eigenvalue weighted by molar-refractivity contribution is -0.137. The molecule has 0 unspecified atom stereocenters. The first-order chi connectivity index (χ1) is 9.90. The first-order valence-electron chi connectivity index (χ1n) is 6.02. The fraction of sp³-hybridized carbons (Fsp3) is 0.143. The van der Waals surface area contributed by atoms with E-state index >= 15 is 0 Å². The fourth-order valence-corrected chi connectivity index (χ4v) is 1.64. The monoisotopic (exact) mass is 295 g/mol. The zero-order valence-corrected chi connectivity index (χ0v) is 11.0. The van der Waals surface area contributed by atoms with E-state index in [2.05, 4.69) is 15.6 Å². The van der Waals surface area contributed by atoms with Gasteiger partial charge in [0.05, 0.1) is 17.4 Å². The molecule has 0 saturated heterocycles. The lowest BCUT2D eigenvalue weighted by atomic mass is 10.2. The van der Waals surface area contributed by atoms with Crippen LogP contribution in [0.2, 0.25) is 0 Å². The van der Waals surface area contributed by atoms with Crippen LogP contribution in [0.15, 0.2) is 42.6 Å². The number of anilines is 2. The molecule has 0 aliphatic rings. The number of carbonyl (C=O) groups excluding carboxylic acids is 1. The van der Waals surface area contributed by atoms with Crippen LogP contribution in [0.1, 0.15) is 16.1 Å². The molecule has 2 aromatic rings. The minimum atomic E-state index is -4.45. The first-order valence-corrected chi connectivity index (χ1v) is 6.02. The standard InChI is InChI=1S/C14H12F3N3O/c1-18-11-5-6-12(19-8-11)13(21)20-10-4-2-3-9(7-10)14(15,16)17/h2-8,18H,1H3,(H,20,21). The second kappa shape index (κ2) is 5.82. The minimum Gasteiger partial charge on any atom is -0.387 e. The third-order valence-electron chi connectivity index (χ3n) is 2.73. The van der Waals surface area contributed by atoms with E-state index < -0.39 is 17.6 Å². The van der Waals surface area contributed by atoms with Gasteiger partial charge >= 0.3 is 6.18 Å². The Hall–Kier alpha value is -2.57. The van der Waals surface area contributed by atoms with Crippen molar-refractivity contribution >= 4 is 17.3 Å². The Morgan fingerprint density at radius 1 is 1.14 bits per heavy atom. The van der Waals surface area contributed by atoms with Gasteiger partial charge in [0, 0.05) is 12.7 Å². The zero-order chi connectivity index (χ0) is 15.5. The average Bonchev–Trinajstić information content (AvgIpc) is 2.47. The van der Waals surface area contributed by atoms with Crippen molar-refractivity contribution in [2.24, 2.45) is 0 Å². The van der Waals surface area contributed by atoms with Crippen molar-refractivity contribution in [3.05, 3.63) is 53.9 Å². The maximum Gasteiger partial charge on any atom is 0.416 e. The molecule has 0 radical (unpaired) electrons. The Morgan fingerprint density at radius 2 is 1.90 bits per heavy atom. The highest BCUT2D eigenvalue weighted by atomic mass is 19.4. The molecule has 0 bridgehead atoms. The van der Waals surface area contributed by atoms with Gasteiger partial charge in [-0.1, -0.05) is 6.07 Å².